The number of ether oxygens (including phenoxy) is 16. The fourth-order valence-corrected chi connectivity index (χ4v) is 20.9. The maximum atomic E-state index is 6.39. The van der Waals surface area contributed by atoms with Crippen LogP contribution in [0.4, 0.5) is 0 Å². The largest absolute Gasteiger partial charge is 0.381 e. The molecule has 9 aliphatic heterocycles. The zero-order chi connectivity index (χ0) is 101. The zero-order valence-corrected chi connectivity index (χ0v) is 94.8. The van der Waals surface area contributed by atoms with Crippen LogP contribution in [0.3, 0.4) is 0 Å². The molecule has 5 spiro atoms. The highest BCUT2D eigenvalue weighted by atomic mass is 79.9. The van der Waals surface area contributed by atoms with E-state index in [1.807, 2.05) is 77.7 Å². The van der Waals surface area contributed by atoms with Gasteiger partial charge in [-0.15, -0.1) is 34.8 Å². The average molecular weight is 2070 g/mol. The van der Waals surface area contributed by atoms with Crippen LogP contribution >= 0.6 is 62.3 Å². The molecule has 12 aliphatic rings. The summed E-state index contributed by atoms with van der Waals surface area (Å²) in [6.07, 6.45) is 30.4. The van der Waals surface area contributed by atoms with E-state index in [0.29, 0.717) is 77.2 Å². The maximum absolute atomic E-state index is 6.39. The monoisotopic (exact) mass is 2060 g/mol. The Labute approximate surface area is 864 Å². The van der Waals surface area contributed by atoms with E-state index < -0.39 is 17.4 Å². The van der Waals surface area contributed by atoms with E-state index in [-0.39, 0.29) is 104 Å². The van der Waals surface area contributed by atoms with Crippen LogP contribution in [0, 0.1) is 55.3 Å². The van der Waals surface area contributed by atoms with Gasteiger partial charge in [-0.25, -0.2) is 0 Å². The van der Waals surface area contributed by atoms with Crippen molar-refractivity contribution in [2.45, 2.75) is 500 Å². The third-order valence-electron chi connectivity index (χ3n) is 27.5. The number of rotatable bonds is 22. The normalized spacial score (nSPS) is 27.8. The Morgan fingerprint density at radius 3 is 0.971 bits per heavy atom. The van der Waals surface area contributed by atoms with E-state index >= 15 is 0 Å². The Balaban J connectivity index is 0.000000272. The average Bonchev–Trinajstić information content (AvgIpc) is 1.61. The first kappa shape index (κ1) is 125. The van der Waals surface area contributed by atoms with Crippen LogP contribution in [0.1, 0.15) is 405 Å². The van der Waals surface area contributed by atoms with E-state index in [1.54, 1.807) is 0 Å². The molecule has 16 nitrogen and oxygen atoms in total. The lowest BCUT2D eigenvalue weighted by molar-refractivity contribution is -0.219. The van der Waals surface area contributed by atoms with Crippen molar-refractivity contribution in [2.24, 2.45) is 41.4 Å². The highest BCUT2D eigenvalue weighted by molar-refractivity contribution is 9.08. The number of unbranched alkanes of at least 4 members (excludes halogenated alkanes) is 2. The second-order valence-electron chi connectivity index (χ2n) is 43.2. The summed E-state index contributed by atoms with van der Waals surface area (Å²) in [5.41, 5.74) is 7.87. The van der Waals surface area contributed by atoms with Gasteiger partial charge in [-0.2, -0.15) is 0 Å². The lowest BCUT2D eigenvalue weighted by Crippen LogP contribution is -2.38. The highest BCUT2D eigenvalue weighted by Crippen LogP contribution is 2.51. The van der Waals surface area contributed by atoms with Crippen molar-refractivity contribution in [3.63, 3.8) is 0 Å². The molecule has 4 aromatic rings. The van der Waals surface area contributed by atoms with Gasteiger partial charge < -0.3 is 75.8 Å². The second kappa shape index (κ2) is 62.2. The van der Waals surface area contributed by atoms with Gasteiger partial charge in [-0.1, -0.05) is 322 Å². The Hall–Kier alpha value is -2.12. The first-order chi connectivity index (χ1) is 64.6. The summed E-state index contributed by atoms with van der Waals surface area (Å²) in [5.74, 6) is 5.83. The van der Waals surface area contributed by atoms with Crippen molar-refractivity contribution < 1.29 is 75.8 Å². The summed E-state index contributed by atoms with van der Waals surface area (Å²) in [6.45, 7) is 63.0. The van der Waals surface area contributed by atoms with Crippen molar-refractivity contribution in [2.75, 3.05) is 49.9 Å². The molecule has 16 rings (SSSR count). The quantitative estimate of drug-likeness (QED) is 0.0687. The molecule has 137 heavy (non-hydrogen) atoms. The minimum Gasteiger partial charge on any atom is -0.381 e. The molecule has 9 heterocycles. The van der Waals surface area contributed by atoms with Crippen LogP contribution in [0.5, 0.6) is 0 Å². The number of aryl methyl sites for hydroxylation is 2. The molecule has 0 N–H and O–H groups in total. The van der Waals surface area contributed by atoms with Crippen molar-refractivity contribution in [3.8, 4) is 0 Å². The summed E-state index contributed by atoms with van der Waals surface area (Å²) < 4.78 is 96.4. The number of halogens is 5. The van der Waals surface area contributed by atoms with Gasteiger partial charge in [-0.3, -0.25) is 0 Å². The smallest absolute Gasteiger partial charge is 0.173 e. The molecule has 0 aromatic heterocycles. The summed E-state index contributed by atoms with van der Waals surface area (Å²) >= 11 is 26.3. The van der Waals surface area contributed by atoms with E-state index in [9.17, 15) is 0 Å². The van der Waals surface area contributed by atoms with Crippen LogP contribution < -0.4 is 0 Å². The maximum Gasteiger partial charge on any atom is 0.173 e. The Morgan fingerprint density at radius 2 is 0.628 bits per heavy atom. The van der Waals surface area contributed by atoms with E-state index in [0.717, 1.165) is 126 Å². The van der Waals surface area contributed by atoms with Gasteiger partial charge in [-0.05, 0) is 199 Å². The van der Waals surface area contributed by atoms with Crippen molar-refractivity contribution in [3.05, 3.63) is 142 Å². The van der Waals surface area contributed by atoms with Gasteiger partial charge in [0, 0.05) is 75.1 Å². The van der Waals surface area contributed by atoms with Crippen molar-refractivity contribution in [1.29, 1.82) is 0 Å². The highest BCUT2D eigenvalue weighted by Gasteiger charge is 2.55. The number of alkyl halides is 4. The molecule has 0 unspecified atom stereocenters. The third-order valence-corrected chi connectivity index (χ3v) is 28.6. The molecule has 3 saturated carbocycles. The van der Waals surface area contributed by atoms with Crippen LogP contribution in [0.25, 0.3) is 0 Å². The van der Waals surface area contributed by atoms with Crippen molar-refractivity contribution >= 4 is 62.3 Å². The molecule has 0 radical (unpaired) electrons. The molecule has 0 bridgehead atoms. The third kappa shape index (κ3) is 39.8. The van der Waals surface area contributed by atoms with Crippen LogP contribution in [-0.4, -0.2) is 164 Å². The van der Waals surface area contributed by atoms with Gasteiger partial charge in [0.05, 0.1) is 99.2 Å². The number of hydrogen-bond acceptors (Lipinski definition) is 16. The molecule has 21 heteroatoms. The first-order valence-electron chi connectivity index (χ1n) is 53.3. The van der Waals surface area contributed by atoms with Crippen LogP contribution in [0.2, 0.25) is 5.02 Å². The van der Waals surface area contributed by atoms with E-state index in [2.05, 4.69) is 241 Å². The summed E-state index contributed by atoms with van der Waals surface area (Å²) in [6, 6.07) is 35.7. The predicted molar refractivity (Wildman–Crippen MR) is 574 cm³/mol. The second-order valence-corrected chi connectivity index (χ2v) is 44.6. The Morgan fingerprint density at radius 1 is 0.321 bits per heavy atom. The minimum atomic E-state index is -0.515. The van der Waals surface area contributed by atoms with Gasteiger partial charge in [0.25, 0.3) is 0 Å². The van der Waals surface area contributed by atoms with Crippen molar-refractivity contribution in [1.82, 2.24) is 0 Å². The van der Waals surface area contributed by atoms with Crippen LogP contribution in [0.15, 0.2) is 103 Å². The Kier molecular flexibility index (Phi) is 56.9. The molecular formula is C116H195BrCl4O16. The van der Waals surface area contributed by atoms with Gasteiger partial charge in [0.15, 0.2) is 40.5 Å². The van der Waals surface area contributed by atoms with E-state index in [1.165, 1.54) is 105 Å². The fourth-order valence-electron chi connectivity index (χ4n) is 20.1. The standard InChI is InChI=1S/C17H24O2.C14H19ClO2.C14H25ClO2.C14H26O3.C14H26O2.C11H19ClO3.C10H14.C9H17ClO2.C9H12.C2H6.CH3Br.CH4/c1-12(2)15-16(14-8-6-13(3)7-9-14)19-17(18-15)10-4-5-11-17;1-9(2)12-13(17-14(3,4)16-12)10-5-7-11(15)8-6-10;1-11(2)13-12(7-6-10-15)16-14(17-13)8-4-3-5-9-14;1-4-5-6-12-13(11(2)3)17-14(16-12)7-9-15-10-8-14;1-4-5-8-12-13(11(2)3)16-14(15-12)9-6-7-10-14;1-8(2)10-9(7-12)14-11(15-10)3-5-13-6-4-11;1-8(2)10-6-4-5-9(3)7-10;1-6(2)8-7(5-10)11-9(3,4)12-8;1-8(2)9-6-4-3-5-7-9;2*1-2;/h6-9,12,15-16H,4-5,10-11H2,1-3H3;5-9,12-13H,1-4H3;11-13H,3-10H2,1-2H3;11-13H,4-10H2,1-3H3;11-13H,4-10H2,1-3H3;8-10H,3-7H2,1-2H3;4-8H,1-3H3;6-8H,5H2,1-4H3;3-8H,1-2H3;1-2H3;1H3;1H4/t15-,16-;4*12-,13-;9-,10-;;7-,8-;;;;/m101111.1..../s1. The predicted octanol–water partition coefficient (Wildman–Crippen LogP) is 32.9. The molecule has 9 saturated heterocycles. The number of benzene rings is 4. The van der Waals surface area contributed by atoms with Gasteiger partial charge in [0.2, 0.25) is 0 Å². The summed E-state index contributed by atoms with van der Waals surface area (Å²) in [5, 5.41) is 0.744. The first-order valence-corrected chi connectivity index (χ1v) is 56.8. The number of hydrogen-bond donors (Lipinski definition) is 0. The lowest BCUT2D eigenvalue weighted by atomic mass is 9.94. The fraction of sp³-hybridized carbons (Fsp3) is 0.793. The molecule has 0 amide bonds. The molecular weight excluding hydrogens is 1870 g/mol. The molecule has 4 aromatic carbocycles. The van der Waals surface area contributed by atoms with Gasteiger partial charge in [0.1, 0.15) is 24.4 Å². The SMILES string of the molecule is C.CBr.CC.CC(C)[C@@H]1OC(C)(C)O[C@H]1c1ccc(Cl)cc1.CC(C)[C@H]1OC(C)(C)O[C@@H]1CCl.CC(C)[C@H]1OC2(CCCCC2)O[C@@H]1CCCCl.CC(C)[C@H]1OC2(CCOCC2)O[C@@H]1CCl.CC(C)c1ccccc1.CCCC[C@H]1OC2(CCCC2)O[C@@H]1C(C)C.CCCC[C@H]1OC2(CCOCC2)O[C@@H]1C(C)C.Cc1ccc([C@H]2OC3(CCCC3)O[C@@H]2C(C)C)cc1.Cc1cccc(C(C)C)c1. The van der Waals surface area contributed by atoms with Gasteiger partial charge >= 0.3 is 0 Å². The molecule has 3 aliphatic carbocycles. The topological polar surface area (TPSA) is 148 Å². The minimum absolute atomic E-state index is 0. The lowest BCUT2D eigenvalue weighted by Gasteiger charge is -2.32. The summed E-state index contributed by atoms with van der Waals surface area (Å²) in [7, 11) is 0. The zero-order valence-electron chi connectivity index (χ0n) is 90.1. The molecule has 14 atom stereocenters. The van der Waals surface area contributed by atoms with Crippen LogP contribution in [-0.2, 0) is 75.8 Å². The summed E-state index contributed by atoms with van der Waals surface area (Å²) in [4.78, 5) is 0. The molecule has 12 fully saturated rings. The van der Waals surface area contributed by atoms with E-state index in [4.69, 9.17) is 122 Å². The Bertz CT molecular complexity index is 3730. The molecule has 790 valence electrons.